The van der Waals surface area contributed by atoms with Crippen LogP contribution in [0.3, 0.4) is 0 Å². The quantitative estimate of drug-likeness (QED) is 0.676. The summed E-state index contributed by atoms with van der Waals surface area (Å²) in [5, 5.41) is 10.3. The molecule has 90 valence electrons. The predicted octanol–water partition coefficient (Wildman–Crippen LogP) is 3.58. The molecule has 0 amide bonds. The number of rotatable bonds is 3. The Hall–Kier alpha value is -1.73. The second kappa shape index (κ2) is 4.87. The maximum absolute atomic E-state index is 12.3. The maximum atomic E-state index is 12.3. The van der Waals surface area contributed by atoms with Crippen LogP contribution in [-0.2, 0) is 0 Å². The summed E-state index contributed by atoms with van der Waals surface area (Å²) in [4.78, 5) is 15.4. The lowest BCUT2D eigenvalue weighted by Gasteiger charge is -2.08. The van der Waals surface area contributed by atoms with Crippen LogP contribution in [0.4, 0.5) is 0 Å². The van der Waals surface area contributed by atoms with Gasteiger partial charge in [-0.25, -0.2) is 5.26 Å². The Morgan fingerprint density at radius 2 is 2.28 bits per heavy atom. The van der Waals surface area contributed by atoms with Crippen molar-refractivity contribution in [2.24, 2.45) is 0 Å². The number of carbonyl (C=O) groups excluding carboxylic acids is 1. The summed E-state index contributed by atoms with van der Waals surface area (Å²) < 4.78 is 0. The average molecular weight is 259 g/mol. The molecule has 0 spiro atoms. The van der Waals surface area contributed by atoms with E-state index in [1.54, 1.807) is 32.1 Å². The summed E-state index contributed by atoms with van der Waals surface area (Å²) in [6.07, 6.45) is 1.68. The molecule has 0 fully saturated rings. The number of H-pyrrole nitrogens is 1. The molecule has 1 heterocycles. The molecule has 0 saturated carbocycles. The smallest absolute Gasteiger partial charge is 0.275 e. The number of benzene rings is 1. The summed E-state index contributed by atoms with van der Waals surface area (Å²) in [6.45, 7) is 3.23. The van der Waals surface area contributed by atoms with E-state index in [-0.39, 0.29) is 18.3 Å². The number of hydrogen-bond acceptors (Lipinski definition) is 2. The summed E-state index contributed by atoms with van der Waals surface area (Å²) in [5.74, 6) is 1.75. The zero-order valence-corrected chi connectivity index (χ0v) is 11.0. The third-order valence-electron chi connectivity index (χ3n) is 3.28. The molecule has 18 heavy (non-hydrogen) atoms. The van der Waals surface area contributed by atoms with E-state index in [4.69, 9.17) is 16.9 Å². The summed E-state index contributed by atoms with van der Waals surface area (Å²) in [5.41, 5.74) is 1.47. The highest BCUT2D eigenvalue weighted by atomic mass is 35.5. The molecule has 5 heteroatoms. The molecule has 3 nitrogen and oxygen atoms in total. The van der Waals surface area contributed by atoms with Gasteiger partial charge in [-0.05, 0) is 18.2 Å². The molecular formula is C13H12BClN2O. The monoisotopic (exact) mass is 258 g/mol. The van der Waals surface area contributed by atoms with Crippen LogP contribution in [0.25, 0.3) is 10.9 Å². The first kappa shape index (κ1) is 12.7. The fourth-order valence-corrected chi connectivity index (χ4v) is 2.05. The first-order chi connectivity index (χ1) is 8.54. The zero-order chi connectivity index (χ0) is 13.3. The van der Waals surface area contributed by atoms with Gasteiger partial charge in [-0.3, -0.25) is 4.79 Å². The van der Waals surface area contributed by atoms with Crippen molar-refractivity contribution in [2.75, 3.05) is 0 Å². The van der Waals surface area contributed by atoms with Gasteiger partial charge in [0.05, 0.1) is 0 Å². The number of nitriles is 1. The first-order valence-electron chi connectivity index (χ1n) is 5.75. The van der Waals surface area contributed by atoms with Crippen LogP contribution in [-0.4, -0.2) is 17.5 Å². The van der Waals surface area contributed by atoms with Gasteiger partial charge in [0.15, 0.2) is 5.78 Å². The van der Waals surface area contributed by atoms with E-state index in [2.05, 4.69) is 11.0 Å². The van der Waals surface area contributed by atoms with E-state index in [1.165, 1.54) is 0 Å². The van der Waals surface area contributed by atoms with Gasteiger partial charge >= 0.3 is 0 Å². The van der Waals surface area contributed by atoms with E-state index in [9.17, 15) is 4.79 Å². The third-order valence-corrected chi connectivity index (χ3v) is 3.51. The second-order valence-electron chi connectivity index (χ2n) is 4.46. The molecular weight excluding hydrogens is 246 g/mol. The van der Waals surface area contributed by atoms with Crippen molar-refractivity contribution in [3.8, 4) is 5.97 Å². The van der Waals surface area contributed by atoms with Crippen molar-refractivity contribution in [1.29, 1.82) is 5.26 Å². The average Bonchev–Trinajstić information content (AvgIpc) is 2.78. The van der Waals surface area contributed by atoms with Crippen molar-refractivity contribution in [1.82, 2.24) is 4.98 Å². The zero-order valence-electron chi connectivity index (χ0n) is 10.2. The number of halogens is 1. The van der Waals surface area contributed by atoms with Crippen LogP contribution in [0.5, 0.6) is 0 Å². The Balaban J connectivity index is 2.46. The van der Waals surface area contributed by atoms with Crippen LogP contribution < -0.4 is 0 Å². The van der Waals surface area contributed by atoms with Crippen LogP contribution in [0.1, 0.15) is 17.3 Å². The molecule has 0 aliphatic heterocycles. The summed E-state index contributed by atoms with van der Waals surface area (Å²) in [7, 11) is 0. The molecule has 0 aliphatic rings. The molecule has 1 unspecified atom stereocenters. The molecule has 2 rings (SSSR count). The number of nitrogens with one attached hydrogen (secondary N) is 1. The maximum Gasteiger partial charge on any atom is 0.275 e. The Kier molecular flexibility index (Phi) is 3.44. The number of fused-ring (bicyclic) bond motifs is 1. The van der Waals surface area contributed by atoms with Gasteiger partial charge < -0.3 is 4.98 Å². The van der Waals surface area contributed by atoms with Gasteiger partial charge in [-0.2, -0.15) is 0 Å². The number of aromatic nitrogens is 1. The number of carbonyl (C=O) groups is 1. The number of nitrogens with zero attached hydrogens (tertiary/aromatic N) is 1. The SMILES string of the molecule is CB(C#N)C(C)C(=O)c1c[nH]c2ccc(Cl)cc12. The highest BCUT2D eigenvalue weighted by Crippen LogP contribution is 2.26. The molecule has 1 aromatic carbocycles. The third kappa shape index (κ3) is 2.14. The van der Waals surface area contributed by atoms with E-state index < -0.39 is 0 Å². The van der Waals surface area contributed by atoms with Gasteiger partial charge in [0, 0.05) is 39.5 Å². The van der Waals surface area contributed by atoms with E-state index >= 15 is 0 Å². The van der Waals surface area contributed by atoms with Gasteiger partial charge in [0.2, 0.25) is 0 Å². The topological polar surface area (TPSA) is 56.6 Å². The van der Waals surface area contributed by atoms with Crippen molar-refractivity contribution in [3.05, 3.63) is 35.0 Å². The van der Waals surface area contributed by atoms with Crippen LogP contribution in [0, 0.1) is 11.2 Å². The number of Topliss-reactive ketones (excluding diaryl/α,β-unsaturated/α-hetero) is 1. The lowest BCUT2D eigenvalue weighted by Crippen LogP contribution is -2.20. The first-order valence-corrected chi connectivity index (χ1v) is 6.13. The van der Waals surface area contributed by atoms with Crippen LogP contribution >= 0.6 is 11.6 Å². The number of aromatic amines is 1. The van der Waals surface area contributed by atoms with Crippen molar-refractivity contribution < 1.29 is 4.79 Å². The van der Waals surface area contributed by atoms with Crippen molar-refractivity contribution >= 4 is 35.0 Å². The standard InChI is InChI=1S/C13H12BClN2O/c1-8(14(2)7-16)13(18)11-6-17-12-4-3-9(15)5-10(11)12/h3-6,8,17H,1-2H3. The Labute approximate surface area is 111 Å². The summed E-state index contributed by atoms with van der Waals surface area (Å²) >= 11 is 5.94. The molecule has 1 N–H and O–H groups in total. The highest BCUT2D eigenvalue weighted by molar-refractivity contribution is 6.71. The Morgan fingerprint density at radius 3 is 2.94 bits per heavy atom. The lowest BCUT2D eigenvalue weighted by molar-refractivity contribution is 0.0989. The van der Waals surface area contributed by atoms with E-state index in [0.29, 0.717) is 10.6 Å². The minimum absolute atomic E-state index is 0.0300. The normalized spacial score (nSPS) is 12.1. The predicted molar refractivity (Wildman–Crippen MR) is 74.3 cm³/mol. The molecule has 2 aromatic rings. The Morgan fingerprint density at radius 1 is 1.56 bits per heavy atom. The molecule has 0 radical (unpaired) electrons. The van der Waals surface area contributed by atoms with Crippen LogP contribution in [0.15, 0.2) is 24.4 Å². The fraction of sp³-hybridized carbons (Fsp3) is 0.231. The molecule has 0 aliphatic carbocycles. The minimum atomic E-state index is -0.326. The number of hydrogen-bond donors (Lipinski definition) is 1. The van der Waals surface area contributed by atoms with Crippen molar-refractivity contribution in [2.45, 2.75) is 19.6 Å². The second-order valence-corrected chi connectivity index (χ2v) is 4.90. The minimum Gasteiger partial charge on any atom is -0.360 e. The van der Waals surface area contributed by atoms with Crippen LogP contribution in [0.2, 0.25) is 17.7 Å². The molecule has 1 aromatic heterocycles. The largest absolute Gasteiger partial charge is 0.360 e. The molecule has 0 saturated heterocycles. The van der Waals surface area contributed by atoms with E-state index in [1.807, 2.05) is 6.07 Å². The number of ketones is 1. The van der Waals surface area contributed by atoms with Gasteiger partial charge in [-0.1, -0.05) is 25.3 Å². The molecule has 0 bridgehead atoms. The van der Waals surface area contributed by atoms with Gasteiger partial charge in [-0.15, -0.1) is 0 Å². The fourth-order valence-electron chi connectivity index (χ4n) is 1.88. The van der Waals surface area contributed by atoms with E-state index in [0.717, 1.165) is 10.9 Å². The summed E-state index contributed by atoms with van der Waals surface area (Å²) in [6, 6.07) is 5.38. The lowest BCUT2D eigenvalue weighted by atomic mass is 9.43. The Bertz CT molecular complexity index is 644. The highest BCUT2D eigenvalue weighted by Gasteiger charge is 2.26. The van der Waals surface area contributed by atoms with Gasteiger partial charge in [0.1, 0.15) is 0 Å². The van der Waals surface area contributed by atoms with Gasteiger partial charge in [0.25, 0.3) is 6.71 Å². The molecule has 1 atom stereocenters. The van der Waals surface area contributed by atoms with Crippen molar-refractivity contribution in [3.63, 3.8) is 0 Å².